The highest BCUT2D eigenvalue weighted by Crippen LogP contribution is 2.19. The minimum Gasteiger partial charge on any atom is -0.493 e. The predicted octanol–water partition coefficient (Wildman–Crippen LogP) is 0.806. The fourth-order valence-electron chi connectivity index (χ4n) is 1.20. The highest BCUT2D eigenvalue weighted by molar-refractivity contribution is 5.53. The molecule has 0 N–H and O–H groups in total. The largest absolute Gasteiger partial charge is 0.493 e. The monoisotopic (exact) mass is 182 g/mol. The van der Waals surface area contributed by atoms with Crippen molar-refractivity contribution in [1.29, 1.82) is 0 Å². The third kappa shape index (κ3) is 2.08. The SMILES string of the molecule is COc1cnn(C)c1CC(C)C=O. The van der Waals surface area contributed by atoms with E-state index in [-0.39, 0.29) is 5.92 Å². The van der Waals surface area contributed by atoms with Gasteiger partial charge in [-0.25, -0.2) is 0 Å². The van der Waals surface area contributed by atoms with Crippen LogP contribution in [0.4, 0.5) is 0 Å². The van der Waals surface area contributed by atoms with E-state index >= 15 is 0 Å². The predicted molar refractivity (Wildman–Crippen MR) is 48.7 cm³/mol. The lowest BCUT2D eigenvalue weighted by atomic mass is 10.1. The first-order valence-electron chi connectivity index (χ1n) is 4.19. The summed E-state index contributed by atoms with van der Waals surface area (Å²) in [4.78, 5) is 10.5. The van der Waals surface area contributed by atoms with Crippen LogP contribution >= 0.6 is 0 Å². The average molecular weight is 182 g/mol. The summed E-state index contributed by atoms with van der Waals surface area (Å²) in [5.74, 6) is 0.750. The molecule has 0 saturated heterocycles. The molecule has 0 radical (unpaired) electrons. The van der Waals surface area contributed by atoms with Crippen LogP contribution < -0.4 is 4.74 Å². The molecule has 1 unspecified atom stereocenters. The van der Waals surface area contributed by atoms with E-state index < -0.39 is 0 Å². The van der Waals surface area contributed by atoms with Crippen LogP contribution in [0.2, 0.25) is 0 Å². The van der Waals surface area contributed by atoms with Crippen LogP contribution in [-0.2, 0) is 18.3 Å². The number of aromatic nitrogens is 2. The summed E-state index contributed by atoms with van der Waals surface area (Å²) in [6.07, 6.45) is 3.27. The van der Waals surface area contributed by atoms with Gasteiger partial charge in [0.05, 0.1) is 19.0 Å². The summed E-state index contributed by atoms with van der Waals surface area (Å²) in [6, 6.07) is 0. The first kappa shape index (κ1) is 9.77. The van der Waals surface area contributed by atoms with Crippen molar-refractivity contribution in [2.75, 3.05) is 7.11 Å². The van der Waals surface area contributed by atoms with Crippen LogP contribution in [0.1, 0.15) is 12.6 Å². The van der Waals surface area contributed by atoms with Crippen molar-refractivity contribution in [3.63, 3.8) is 0 Å². The van der Waals surface area contributed by atoms with Crippen molar-refractivity contribution in [2.24, 2.45) is 13.0 Å². The van der Waals surface area contributed by atoms with Crippen LogP contribution in [0.25, 0.3) is 0 Å². The summed E-state index contributed by atoms with van der Waals surface area (Å²) >= 11 is 0. The molecule has 1 rings (SSSR count). The van der Waals surface area contributed by atoms with Gasteiger partial charge in [-0.15, -0.1) is 0 Å². The lowest BCUT2D eigenvalue weighted by Gasteiger charge is -2.06. The molecule has 0 aliphatic carbocycles. The van der Waals surface area contributed by atoms with Gasteiger partial charge in [-0.05, 0) is 0 Å². The number of hydrogen-bond acceptors (Lipinski definition) is 3. The fourth-order valence-corrected chi connectivity index (χ4v) is 1.20. The summed E-state index contributed by atoms with van der Waals surface area (Å²) in [5.41, 5.74) is 0.960. The lowest BCUT2D eigenvalue weighted by molar-refractivity contribution is -0.110. The first-order chi connectivity index (χ1) is 6.19. The van der Waals surface area contributed by atoms with Gasteiger partial charge >= 0.3 is 0 Å². The Bertz CT molecular complexity index is 294. The number of carbonyl (C=O) groups is 1. The third-order valence-electron chi connectivity index (χ3n) is 1.99. The second-order valence-corrected chi connectivity index (χ2v) is 3.10. The normalized spacial score (nSPS) is 12.5. The lowest BCUT2D eigenvalue weighted by Crippen LogP contribution is -2.07. The molecule has 0 aliphatic rings. The molecule has 4 nitrogen and oxygen atoms in total. The van der Waals surface area contributed by atoms with Gasteiger partial charge in [0.1, 0.15) is 6.29 Å². The van der Waals surface area contributed by atoms with Crippen molar-refractivity contribution in [2.45, 2.75) is 13.3 Å². The van der Waals surface area contributed by atoms with Crippen molar-refractivity contribution >= 4 is 6.29 Å². The molecule has 0 aromatic carbocycles. The summed E-state index contributed by atoms with van der Waals surface area (Å²) in [6.45, 7) is 1.87. The fraction of sp³-hybridized carbons (Fsp3) is 0.556. The molecule has 1 atom stereocenters. The van der Waals surface area contributed by atoms with E-state index in [0.29, 0.717) is 6.42 Å². The van der Waals surface area contributed by atoms with Gasteiger partial charge in [0.2, 0.25) is 0 Å². The van der Waals surface area contributed by atoms with Crippen LogP contribution in [-0.4, -0.2) is 23.2 Å². The number of rotatable bonds is 4. The Hall–Kier alpha value is -1.32. The molecule has 13 heavy (non-hydrogen) atoms. The zero-order chi connectivity index (χ0) is 9.84. The molecule has 72 valence electrons. The standard InChI is InChI=1S/C9H14N2O2/c1-7(6-12)4-8-9(13-3)5-10-11(8)2/h5-7H,4H2,1-3H3. The van der Waals surface area contributed by atoms with Crippen LogP contribution in [0.15, 0.2) is 6.20 Å². The van der Waals surface area contributed by atoms with Gasteiger partial charge in [-0.1, -0.05) is 6.92 Å². The van der Waals surface area contributed by atoms with Crippen LogP contribution in [0, 0.1) is 5.92 Å². The maximum atomic E-state index is 10.5. The Balaban J connectivity index is 2.84. The Kier molecular flexibility index (Phi) is 3.06. The second-order valence-electron chi connectivity index (χ2n) is 3.10. The summed E-state index contributed by atoms with van der Waals surface area (Å²) in [5, 5.41) is 4.05. The molecule has 0 aliphatic heterocycles. The zero-order valence-corrected chi connectivity index (χ0v) is 8.15. The smallest absolute Gasteiger partial charge is 0.159 e. The van der Waals surface area contributed by atoms with E-state index in [2.05, 4.69) is 5.10 Å². The number of nitrogens with zero attached hydrogens (tertiary/aromatic N) is 2. The Morgan fingerprint density at radius 2 is 2.46 bits per heavy atom. The maximum Gasteiger partial charge on any atom is 0.159 e. The number of aryl methyl sites for hydroxylation is 1. The molecule has 1 aromatic rings. The number of aldehydes is 1. The molecule has 0 fully saturated rings. The Labute approximate surface area is 77.5 Å². The van der Waals surface area contributed by atoms with Crippen LogP contribution in [0.3, 0.4) is 0 Å². The van der Waals surface area contributed by atoms with Crippen molar-refractivity contribution in [1.82, 2.24) is 9.78 Å². The minimum absolute atomic E-state index is 0.00398. The molecule has 1 heterocycles. The van der Waals surface area contributed by atoms with E-state index in [9.17, 15) is 4.79 Å². The highest BCUT2D eigenvalue weighted by Gasteiger charge is 2.11. The van der Waals surface area contributed by atoms with Crippen molar-refractivity contribution in [3.8, 4) is 5.75 Å². The van der Waals surface area contributed by atoms with E-state index in [1.54, 1.807) is 18.0 Å². The second kappa shape index (κ2) is 4.07. The Morgan fingerprint density at radius 1 is 1.77 bits per heavy atom. The van der Waals surface area contributed by atoms with Gasteiger partial charge in [0.25, 0.3) is 0 Å². The van der Waals surface area contributed by atoms with Gasteiger partial charge in [0, 0.05) is 19.4 Å². The molecule has 0 spiro atoms. The Morgan fingerprint density at radius 3 is 3.00 bits per heavy atom. The quantitative estimate of drug-likeness (QED) is 0.647. The highest BCUT2D eigenvalue weighted by atomic mass is 16.5. The van der Waals surface area contributed by atoms with Crippen LogP contribution in [0.5, 0.6) is 5.75 Å². The summed E-state index contributed by atoms with van der Waals surface area (Å²) < 4.78 is 6.85. The minimum atomic E-state index is 0.00398. The molecule has 0 bridgehead atoms. The number of hydrogen-bond donors (Lipinski definition) is 0. The van der Waals surface area contributed by atoms with E-state index in [4.69, 9.17) is 4.74 Å². The van der Waals surface area contributed by atoms with Crippen molar-refractivity contribution in [3.05, 3.63) is 11.9 Å². The van der Waals surface area contributed by atoms with Gasteiger partial charge in [0.15, 0.2) is 5.75 Å². The molecule has 0 amide bonds. The first-order valence-corrected chi connectivity index (χ1v) is 4.19. The molecular formula is C9H14N2O2. The van der Waals surface area contributed by atoms with Gasteiger partial charge < -0.3 is 9.53 Å². The molecule has 1 aromatic heterocycles. The van der Waals surface area contributed by atoms with E-state index in [1.165, 1.54) is 0 Å². The van der Waals surface area contributed by atoms with E-state index in [0.717, 1.165) is 17.7 Å². The number of ether oxygens (including phenoxy) is 1. The third-order valence-corrected chi connectivity index (χ3v) is 1.99. The molecular weight excluding hydrogens is 168 g/mol. The summed E-state index contributed by atoms with van der Waals surface area (Å²) in [7, 11) is 3.45. The van der Waals surface area contributed by atoms with Gasteiger partial charge in [-0.3, -0.25) is 4.68 Å². The number of methoxy groups -OCH3 is 1. The molecule has 4 heteroatoms. The van der Waals surface area contributed by atoms with Gasteiger partial charge in [-0.2, -0.15) is 5.10 Å². The average Bonchev–Trinajstić information content (AvgIpc) is 2.48. The topological polar surface area (TPSA) is 44.1 Å². The maximum absolute atomic E-state index is 10.5. The van der Waals surface area contributed by atoms with E-state index in [1.807, 2.05) is 14.0 Å². The zero-order valence-electron chi connectivity index (χ0n) is 8.15. The molecule has 0 saturated carbocycles. The van der Waals surface area contributed by atoms with Crippen molar-refractivity contribution < 1.29 is 9.53 Å². The number of carbonyl (C=O) groups excluding carboxylic acids is 1.